The fourth-order valence-corrected chi connectivity index (χ4v) is 5.31. The van der Waals surface area contributed by atoms with E-state index in [4.69, 9.17) is 4.74 Å². The maximum atomic E-state index is 12.6. The Hall–Kier alpha value is -3.16. The first-order valence-electron chi connectivity index (χ1n) is 9.60. The van der Waals surface area contributed by atoms with Gasteiger partial charge in [0.25, 0.3) is 0 Å². The molecule has 1 saturated heterocycles. The van der Waals surface area contributed by atoms with Crippen LogP contribution in [0.4, 0.5) is 4.79 Å². The Morgan fingerprint density at radius 2 is 1.63 bits per heavy atom. The summed E-state index contributed by atoms with van der Waals surface area (Å²) in [6.07, 6.45) is -0.506. The van der Waals surface area contributed by atoms with Crippen molar-refractivity contribution in [3.8, 4) is 11.1 Å². The zero-order valence-corrected chi connectivity index (χ0v) is 16.8. The van der Waals surface area contributed by atoms with Crippen molar-refractivity contribution in [2.75, 3.05) is 19.7 Å². The second kappa shape index (κ2) is 6.97. The van der Waals surface area contributed by atoms with Crippen molar-refractivity contribution in [2.45, 2.75) is 11.5 Å². The number of aromatic carboxylic acids is 1. The Balaban J connectivity index is 1.27. The molecular weight excluding hydrogens is 402 g/mol. The SMILES string of the molecule is O=C(O)c1cscc1C1(O)CN(C(=O)OCC2c3ccccc3-c3ccccc32)C1. The molecule has 2 aliphatic rings. The molecule has 3 aromatic rings. The van der Waals surface area contributed by atoms with Crippen molar-refractivity contribution >= 4 is 23.4 Å². The number of fused-ring (bicyclic) bond motifs is 3. The van der Waals surface area contributed by atoms with Gasteiger partial charge in [0.15, 0.2) is 0 Å². The first kappa shape index (κ1) is 18.8. The van der Waals surface area contributed by atoms with Gasteiger partial charge in [-0.2, -0.15) is 11.3 Å². The number of rotatable bonds is 4. The minimum absolute atomic E-state index is 0.0146. The molecule has 2 N–H and O–H groups in total. The number of hydrogen-bond acceptors (Lipinski definition) is 5. The average Bonchev–Trinajstić information content (AvgIpc) is 3.34. The van der Waals surface area contributed by atoms with Gasteiger partial charge < -0.3 is 19.8 Å². The second-order valence-corrected chi connectivity index (χ2v) is 8.44. The lowest BCUT2D eigenvalue weighted by Crippen LogP contribution is -2.61. The first-order valence-corrected chi connectivity index (χ1v) is 10.5. The number of hydrogen-bond donors (Lipinski definition) is 2. The molecule has 6 nitrogen and oxygen atoms in total. The third-order valence-corrected chi connectivity index (χ3v) is 6.64. The standard InChI is InChI=1S/C23H19NO5S/c25-21(26)19-10-30-11-20(19)23(28)12-24(13-23)22(27)29-9-18-16-7-3-1-5-14(16)15-6-2-4-8-17(15)18/h1-8,10-11,18,28H,9,12-13H2,(H,25,26). The molecule has 1 aromatic heterocycles. The number of ether oxygens (including phenoxy) is 1. The van der Waals surface area contributed by atoms with Crippen LogP contribution in [0.2, 0.25) is 0 Å². The van der Waals surface area contributed by atoms with Gasteiger partial charge in [-0.1, -0.05) is 48.5 Å². The van der Waals surface area contributed by atoms with Crippen molar-refractivity contribution in [3.63, 3.8) is 0 Å². The molecule has 0 radical (unpaired) electrons. The summed E-state index contributed by atoms with van der Waals surface area (Å²) in [7, 11) is 0. The molecule has 0 atom stereocenters. The van der Waals surface area contributed by atoms with Crippen molar-refractivity contribution in [1.82, 2.24) is 4.90 Å². The van der Waals surface area contributed by atoms with Gasteiger partial charge in [0.2, 0.25) is 0 Å². The number of carboxylic acids is 1. The molecule has 0 spiro atoms. The fraction of sp³-hybridized carbons (Fsp3) is 0.217. The van der Waals surface area contributed by atoms with Crippen LogP contribution < -0.4 is 0 Å². The van der Waals surface area contributed by atoms with Crippen molar-refractivity contribution in [3.05, 3.63) is 81.5 Å². The number of benzene rings is 2. The Morgan fingerprint density at radius 3 is 2.23 bits per heavy atom. The van der Waals surface area contributed by atoms with Gasteiger partial charge in [0.05, 0.1) is 18.7 Å². The van der Waals surface area contributed by atoms with Crippen molar-refractivity contribution in [2.24, 2.45) is 0 Å². The highest BCUT2D eigenvalue weighted by atomic mass is 32.1. The van der Waals surface area contributed by atoms with Crippen molar-refractivity contribution in [1.29, 1.82) is 0 Å². The van der Waals surface area contributed by atoms with Gasteiger partial charge in [-0.25, -0.2) is 9.59 Å². The average molecular weight is 421 g/mol. The van der Waals surface area contributed by atoms with Crippen LogP contribution in [-0.4, -0.2) is 46.9 Å². The Kier molecular flexibility index (Phi) is 4.38. The van der Waals surface area contributed by atoms with Crippen LogP contribution in [-0.2, 0) is 10.3 Å². The molecule has 1 amide bonds. The molecule has 30 heavy (non-hydrogen) atoms. The van der Waals surface area contributed by atoms with Gasteiger partial charge in [-0.05, 0) is 27.6 Å². The number of carbonyl (C=O) groups excluding carboxylic acids is 1. The molecule has 2 heterocycles. The van der Waals surface area contributed by atoms with E-state index in [0.29, 0.717) is 5.56 Å². The number of carboxylic acid groups (broad SMARTS) is 1. The maximum Gasteiger partial charge on any atom is 0.410 e. The van der Waals surface area contributed by atoms with E-state index in [9.17, 15) is 19.8 Å². The number of nitrogens with zero attached hydrogens (tertiary/aromatic N) is 1. The minimum atomic E-state index is -1.35. The fourth-order valence-electron chi connectivity index (χ4n) is 4.39. The molecule has 2 aromatic carbocycles. The number of thiophene rings is 1. The van der Waals surface area contributed by atoms with E-state index in [1.54, 1.807) is 5.38 Å². The van der Waals surface area contributed by atoms with Gasteiger partial charge in [-0.15, -0.1) is 0 Å². The summed E-state index contributed by atoms with van der Waals surface area (Å²) in [6, 6.07) is 16.2. The lowest BCUT2D eigenvalue weighted by atomic mass is 9.86. The molecule has 0 bridgehead atoms. The summed E-state index contributed by atoms with van der Waals surface area (Å²) in [5.74, 6) is -1.11. The quantitative estimate of drug-likeness (QED) is 0.667. The summed E-state index contributed by atoms with van der Waals surface area (Å²) in [5.41, 5.74) is 3.67. The van der Waals surface area contributed by atoms with E-state index in [0.717, 1.165) is 22.3 Å². The van der Waals surface area contributed by atoms with E-state index in [-0.39, 0.29) is 31.2 Å². The second-order valence-electron chi connectivity index (χ2n) is 7.70. The number of amides is 1. The summed E-state index contributed by atoms with van der Waals surface area (Å²) in [5, 5.41) is 23.1. The molecule has 5 rings (SSSR count). The van der Waals surface area contributed by atoms with Crippen LogP contribution in [0, 0.1) is 0 Å². The molecule has 152 valence electrons. The highest BCUT2D eigenvalue weighted by Crippen LogP contribution is 2.44. The zero-order chi connectivity index (χ0) is 20.9. The molecule has 0 unspecified atom stereocenters. The third kappa shape index (κ3) is 2.89. The van der Waals surface area contributed by atoms with Crippen LogP contribution in [0.25, 0.3) is 11.1 Å². The van der Waals surface area contributed by atoms with Crippen LogP contribution in [0.5, 0.6) is 0 Å². The largest absolute Gasteiger partial charge is 0.478 e. The smallest absolute Gasteiger partial charge is 0.410 e. The van der Waals surface area contributed by atoms with E-state index >= 15 is 0 Å². The predicted molar refractivity (Wildman–Crippen MR) is 112 cm³/mol. The Morgan fingerprint density at radius 1 is 1.03 bits per heavy atom. The molecule has 1 aliphatic heterocycles. The molecule has 0 saturated carbocycles. The normalized spacial score (nSPS) is 16.5. The predicted octanol–water partition coefficient (Wildman–Crippen LogP) is 3.90. The van der Waals surface area contributed by atoms with Gasteiger partial charge in [0.1, 0.15) is 12.2 Å². The zero-order valence-electron chi connectivity index (χ0n) is 15.9. The molecule has 1 aliphatic carbocycles. The minimum Gasteiger partial charge on any atom is -0.478 e. The summed E-state index contributed by atoms with van der Waals surface area (Å²) >= 11 is 1.22. The molecule has 1 fully saturated rings. The first-order chi connectivity index (χ1) is 14.5. The van der Waals surface area contributed by atoms with Gasteiger partial charge in [0, 0.05) is 16.9 Å². The number of β-amino-alcohol motifs (C(OH)–C–C–N with tert-alkyl or cyclic N) is 1. The highest BCUT2D eigenvalue weighted by molar-refractivity contribution is 7.08. The van der Waals surface area contributed by atoms with Gasteiger partial charge in [-0.3, -0.25) is 0 Å². The maximum absolute atomic E-state index is 12.6. The van der Waals surface area contributed by atoms with Crippen LogP contribution in [0.3, 0.4) is 0 Å². The number of carbonyl (C=O) groups is 2. The van der Waals surface area contributed by atoms with Crippen LogP contribution in [0.15, 0.2) is 59.3 Å². The summed E-state index contributed by atoms with van der Waals surface area (Å²) in [4.78, 5) is 25.3. The molecule has 7 heteroatoms. The highest BCUT2D eigenvalue weighted by Gasteiger charge is 2.48. The molecular formula is C23H19NO5S. The van der Waals surface area contributed by atoms with Crippen molar-refractivity contribution < 1.29 is 24.5 Å². The van der Waals surface area contributed by atoms with E-state index in [1.807, 2.05) is 24.3 Å². The lowest BCUT2D eigenvalue weighted by molar-refractivity contribution is -0.0944. The van der Waals surface area contributed by atoms with E-state index in [1.165, 1.54) is 21.6 Å². The number of likely N-dealkylation sites (tertiary alicyclic amines) is 1. The van der Waals surface area contributed by atoms with Crippen LogP contribution in [0.1, 0.15) is 33.0 Å². The third-order valence-electron chi connectivity index (χ3n) is 5.89. The van der Waals surface area contributed by atoms with E-state index < -0.39 is 17.7 Å². The van der Waals surface area contributed by atoms with Gasteiger partial charge >= 0.3 is 12.1 Å². The van der Waals surface area contributed by atoms with Crippen LogP contribution >= 0.6 is 11.3 Å². The summed E-state index contributed by atoms with van der Waals surface area (Å²) in [6.45, 7) is 0.238. The summed E-state index contributed by atoms with van der Waals surface area (Å²) < 4.78 is 5.59. The van der Waals surface area contributed by atoms with E-state index in [2.05, 4.69) is 24.3 Å². The topological polar surface area (TPSA) is 87.1 Å². The Labute approximate surface area is 177 Å². The monoisotopic (exact) mass is 421 g/mol. The lowest BCUT2D eigenvalue weighted by Gasteiger charge is -2.45. The Bertz CT molecular complexity index is 1100. The number of aliphatic hydroxyl groups is 1.